The third-order valence-corrected chi connectivity index (χ3v) is 5.99. The van der Waals surface area contributed by atoms with Gasteiger partial charge >= 0.3 is 0 Å². The van der Waals surface area contributed by atoms with Crippen LogP contribution in [0, 0.1) is 0 Å². The Labute approximate surface area is 131 Å². The number of sulfonamides is 1. The fourth-order valence-electron chi connectivity index (χ4n) is 2.07. The van der Waals surface area contributed by atoms with E-state index in [4.69, 9.17) is 0 Å². The summed E-state index contributed by atoms with van der Waals surface area (Å²) in [6, 6.07) is 10.3. The summed E-state index contributed by atoms with van der Waals surface area (Å²) in [7, 11) is -3.21. The van der Waals surface area contributed by atoms with E-state index in [2.05, 4.69) is 45.8 Å². The molecule has 0 amide bonds. The Kier molecular flexibility index (Phi) is 5.19. The first-order valence-corrected chi connectivity index (χ1v) is 9.50. The van der Waals surface area contributed by atoms with E-state index in [0.717, 1.165) is 5.56 Å². The van der Waals surface area contributed by atoms with Crippen molar-refractivity contribution in [1.29, 1.82) is 0 Å². The maximum Gasteiger partial charge on any atom is 0.214 e. The number of rotatable bonds is 6. The molecule has 0 aliphatic carbocycles. The van der Waals surface area contributed by atoms with Crippen LogP contribution in [0.5, 0.6) is 0 Å². The molecule has 2 aromatic rings. The van der Waals surface area contributed by atoms with Crippen LogP contribution in [-0.2, 0) is 16.4 Å². The zero-order valence-corrected chi connectivity index (χ0v) is 14.2. The molecule has 1 aromatic carbocycles. The molecule has 2 rings (SSSR count). The minimum absolute atomic E-state index is 0.107. The van der Waals surface area contributed by atoms with Crippen LogP contribution in [0.15, 0.2) is 41.1 Å². The van der Waals surface area contributed by atoms with Gasteiger partial charge in [0.05, 0.1) is 5.25 Å². The van der Waals surface area contributed by atoms with E-state index >= 15 is 0 Å². The molecule has 0 fully saturated rings. The molecule has 1 heterocycles. The smallest absolute Gasteiger partial charge is 0.212 e. The largest absolute Gasteiger partial charge is 0.214 e. The monoisotopic (exact) mass is 323 g/mol. The summed E-state index contributed by atoms with van der Waals surface area (Å²) in [5.74, 6) is 0. The molecule has 0 aliphatic rings. The van der Waals surface area contributed by atoms with Crippen LogP contribution in [0.2, 0.25) is 0 Å². The Morgan fingerprint density at radius 1 is 1.05 bits per heavy atom. The summed E-state index contributed by atoms with van der Waals surface area (Å²) in [6.45, 7) is 5.27. The first-order valence-electron chi connectivity index (χ1n) is 7.01. The SMILES string of the molecule is CC(Cc1ccc(-c2ccsc2)cc1)NS(=O)(=O)C(C)C. The van der Waals surface area contributed by atoms with Crippen LogP contribution in [0.25, 0.3) is 11.1 Å². The van der Waals surface area contributed by atoms with Gasteiger partial charge in [0.1, 0.15) is 0 Å². The van der Waals surface area contributed by atoms with E-state index in [1.807, 2.05) is 6.92 Å². The first-order chi connectivity index (χ1) is 9.88. The van der Waals surface area contributed by atoms with Crippen molar-refractivity contribution in [2.75, 3.05) is 0 Å². The van der Waals surface area contributed by atoms with E-state index in [0.29, 0.717) is 6.42 Å². The zero-order chi connectivity index (χ0) is 15.5. The van der Waals surface area contributed by atoms with Crippen molar-refractivity contribution < 1.29 is 8.42 Å². The second kappa shape index (κ2) is 6.73. The predicted molar refractivity (Wildman–Crippen MR) is 90.1 cm³/mol. The van der Waals surface area contributed by atoms with Crippen molar-refractivity contribution >= 4 is 21.4 Å². The van der Waals surface area contributed by atoms with Gasteiger partial charge in [-0.15, -0.1) is 0 Å². The Balaban J connectivity index is 2.00. The third-order valence-electron chi connectivity index (χ3n) is 3.34. The minimum atomic E-state index is -3.21. The van der Waals surface area contributed by atoms with Crippen LogP contribution in [0.4, 0.5) is 0 Å². The highest BCUT2D eigenvalue weighted by Crippen LogP contribution is 2.22. The van der Waals surface area contributed by atoms with Crippen LogP contribution < -0.4 is 4.72 Å². The highest BCUT2D eigenvalue weighted by atomic mass is 32.2. The number of thiophene rings is 1. The molecule has 1 N–H and O–H groups in total. The number of hydrogen-bond acceptors (Lipinski definition) is 3. The van der Waals surface area contributed by atoms with Crippen molar-refractivity contribution in [3.05, 3.63) is 46.7 Å². The fraction of sp³-hybridized carbons (Fsp3) is 0.375. The molecule has 3 nitrogen and oxygen atoms in total. The molecule has 1 unspecified atom stereocenters. The van der Waals surface area contributed by atoms with Gasteiger partial charge in [-0.1, -0.05) is 24.3 Å². The first kappa shape index (κ1) is 16.2. The molecule has 5 heteroatoms. The second-order valence-corrected chi connectivity index (χ2v) is 8.57. The number of benzene rings is 1. The van der Waals surface area contributed by atoms with Gasteiger partial charge in [0.15, 0.2) is 0 Å². The van der Waals surface area contributed by atoms with E-state index in [-0.39, 0.29) is 6.04 Å². The van der Waals surface area contributed by atoms with E-state index in [9.17, 15) is 8.42 Å². The fourth-order valence-corrected chi connectivity index (χ4v) is 3.66. The quantitative estimate of drug-likeness (QED) is 0.881. The molecule has 0 aliphatic heterocycles. The van der Waals surface area contributed by atoms with Gasteiger partial charge in [0.2, 0.25) is 10.0 Å². The molecule has 0 saturated heterocycles. The van der Waals surface area contributed by atoms with Crippen LogP contribution >= 0.6 is 11.3 Å². The lowest BCUT2D eigenvalue weighted by molar-refractivity contribution is 0.551. The minimum Gasteiger partial charge on any atom is -0.212 e. The van der Waals surface area contributed by atoms with Crippen LogP contribution in [0.3, 0.4) is 0 Å². The summed E-state index contributed by atoms with van der Waals surface area (Å²) in [5.41, 5.74) is 3.54. The molecule has 0 saturated carbocycles. The lowest BCUT2D eigenvalue weighted by Gasteiger charge is -2.16. The molecule has 1 aromatic heterocycles. The topological polar surface area (TPSA) is 46.2 Å². The van der Waals surface area contributed by atoms with Crippen molar-refractivity contribution in [3.8, 4) is 11.1 Å². The highest BCUT2D eigenvalue weighted by Gasteiger charge is 2.18. The molecule has 0 spiro atoms. The second-order valence-electron chi connectivity index (χ2n) is 5.53. The average molecular weight is 323 g/mol. The lowest BCUT2D eigenvalue weighted by Crippen LogP contribution is -2.38. The van der Waals surface area contributed by atoms with Gasteiger partial charge in [0, 0.05) is 6.04 Å². The Hall–Kier alpha value is -1.17. The predicted octanol–water partition coefficient (Wildman–Crippen LogP) is 3.67. The maximum atomic E-state index is 11.8. The Morgan fingerprint density at radius 3 is 2.24 bits per heavy atom. The van der Waals surface area contributed by atoms with Crippen molar-refractivity contribution in [2.45, 2.75) is 38.5 Å². The summed E-state index contributed by atoms with van der Waals surface area (Å²) in [5, 5.41) is 3.78. The van der Waals surface area contributed by atoms with Gasteiger partial charge in [-0.05, 0) is 60.7 Å². The molecular weight excluding hydrogens is 302 g/mol. The van der Waals surface area contributed by atoms with E-state index in [1.165, 1.54) is 11.1 Å². The number of hydrogen-bond donors (Lipinski definition) is 1. The van der Waals surface area contributed by atoms with E-state index < -0.39 is 15.3 Å². The van der Waals surface area contributed by atoms with Crippen molar-refractivity contribution in [2.24, 2.45) is 0 Å². The van der Waals surface area contributed by atoms with Gasteiger partial charge in [-0.3, -0.25) is 0 Å². The molecule has 0 radical (unpaired) electrons. The van der Waals surface area contributed by atoms with Crippen molar-refractivity contribution in [3.63, 3.8) is 0 Å². The van der Waals surface area contributed by atoms with Gasteiger partial charge in [-0.25, -0.2) is 13.1 Å². The highest BCUT2D eigenvalue weighted by molar-refractivity contribution is 7.90. The zero-order valence-electron chi connectivity index (χ0n) is 12.5. The molecule has 21 heavy (non-hydrogen) atoms. The summed E-state index contributed by atoms with van der Waals surface area (Å²) < 4.78 is 26.4. The van der Waals surface area contributed by atoms with Gasteiger partial charge < -0.3 is 0 Å². The van der Waals surface area contributed by atoms with E-state index in [1.54, 1.807) is 25.2 Å². The van der Waals surface area contributed by atoms with Crippen molar-refractivity contribution in [1.82, 2.24) is 4.72 Å². The van der Waals surface area contributed by atoms with Crippen LogP contribution in [-0.4, -0.2) is 19.7 Å². The molecule has 0 bridgehead atoms. The Morgan fingerprint density at radius 2 is 1.71 bits per heavy atom. The van der Waals surface area contributed by atoms with Gasteiger partial charge in [-0.2, -0.15) is 11.3 Å². The molecular formula is C16H21NO2S2. The summed E-state index contributed by atoms with van der Waals surface area (Å²) in [6.07, 6.45) is 0.690. The Bertz CT molecular complexity index is 659. The normalized spacial score (nSPS) is 13.5. The average Bonchev–Trinajstić information content (AvgIpc) is 2.92. The summed E-state index contributed by atoms with van der Waals surface area (Å²) in [4.78, 5) is 0. The summed E-state index contributed by atoms with van der Waals surface area (Å²) >= 11 is 1.68. The molecule has 1 atom stereocenters. The van der Waals surface area contributed by atoms with Crippen LogP contribution in [0.1, 0.15) is 26.3 Å². The third kappa shape index (κ3) is 4.40. The number of nitrogens with one attached hydrogen (secondary N) is 1. The molecule has 114 valence electrons. The standard InChI is InChI=1S/C16H21NO2S2/c1-12(2)21(18,19)17-13(3)10-14-4-6-15(7-5-14)16-8-9-20-11-16/h4-9,11-13,17H,10H2,1-3H3. The van der Waals surface area contributed by atoms with Gasteiger partial charge in [0.25, 0.3) is 0 Å². The maximum absolute atomic E-state index is 11.8. The lowest BCUT2D eigenvalue weighted by atomic mass is 10.0.